The van der Waals surface area contributed by atoms with Gasteiger partial charge in [0.15, 0.2) is 0 Å². The summed E-state index contributed by atoms with van der Waals surface area (Å²) in [6.07, 6.45) is 10.8. The van der Waals surface area contributed by atoms with Crippen LogP contribution in [0.5, 0.6) is 0 Å². The highest BCUT2D eigenvalue weighted by atomic mass is 35.5. The molecule has 0 aromatic carbocycles. The van der Waals surface area contributed by atoms with Gasteiger partial charge in [-0.05, 0) is 50.4 Å². The minimum Gasteiger partial charge on any atom is -0.316 e. The van der Waals surface area contributed by atoms with E-state index in [4.69, 9.17) is 16.6 Å². The summed E-state index contributed by atoms with van der Waals surface area (Å²) in [5.74, 6) is 0.643. The Morgan fingerprint density at radius 1 is 1.26 bits per heavy atom. The second-order valence-corrected chi connectivity index (χ2v) is 6.47. The Kier molecular flexibility index (Phi) is 3.97. The Morgan fingerprint density at radius 2 is 2.22 bits per heavy atom. The lowest BCUT2D eigenvalue weighted by Gasteiger charge is -2.22. The van der Waals surface area contributed by atoms with Crippen LogP contribution in [-0.2, 0) is 6.42 Å². The van der Waals surface area contributed by atoms with Crippen molar-refractivity contribution in [3.05, 3.63) is 47.6 Å². The highest BCUT2D eigenvalue weighted by Crippen LogP contribution is 2.22. The van der Waals surface area contributed by atoms with E-state index in [2.05, 4.69) is 15.3 Å². The maximum absolute atomic E-state index is 6.10. The average molecular weight is 328 g/mol. The zero-order valence-electron chi connectivity index (χ0n) is 12.7. The third-order valence-corrected chi connectivity index (χ3v) is 4.54. The zero-order chi connectivity index (χ0) is 15.6. The largest absolute Gasteiger partial charge is 0.316 e. The Bertz CT molecular complexity index is 823. The molecule has 6 heteroatoms. The number of halogens is 1. The summed E-state index contributed by atoms with van der Waals surface area (Å²) in [7, 11) is 0. The van der Waals surface area contributed by atoms with Gasteiger partial charge in [0.25, 0.3) is 0 Å². The first-order valence-electron chi connectivity index (χ1n) is 7.94. The molecule has 0 spiro atoms. The van der Waals surface area contributed by atoms with Crippen LogP contribution in [0.3, 0.4) is 0 Å². The number of fused-ring (bicyclic) bond motifs is 1. The normalized spacial score (nSPS) is 18.4. The fourth-order valence-corrected chi connectivity index (χ4v) is 3.33. The number of pyridine rings is 1. The van der Waals surface area contributed by atoms with Crippen LogP contribution < -0.4 is 5.32 Å². The van der Waals surface area contributed by atoms with E-state index in [1.807, 2.05) is 35.1 Å². The third kappa shape index (κ3) is 3.07. The number of imidazole rings is 1. The van der Waals surface area contributed by atoms with Gasteiger partial charge in [0.05, 0.1) is 28.8 Å². The van der Waals surface area contributed by atoms with Crippen molar-refractivity contribution in [3.8, 4) is 11.4 Å². The second-order valence-electron chi connectivity index (χ2n) is 6.03. The lowest BCUT2D eigenvalue weighted by molar-refractivity contribution is 0.373. The standard InChI is InChI=1S/C17H18ClN5/c18-13-3-4-17-21-10-16(23(17)11-13)15-9-20-8-14(22-15)6-12-2-1-5-19-7-12/h3-4,8-12,19H,1-2,5-7H2/t12-/m1/s1. The molecule has 1 N–H and O–H groups in total. The summed E-state index contributed by atoms with van der Waals surface area (Å²) in [5.41, 5.74) is 3.64. The van der Waals surface area contributed by atoms with Crippen molar-refractivity contribution in [2.24, 2.45) is 5.92 Å². The van der Waals surface area contributed by atoms with E-state index in [0.717, 1.165) is 42.2 Å². The van der Waals surface area contributed by atoms with E-state index in [1.54, 1.807) is 6.20 Å². The van der Waals surface area contributed by atoms with Gasteiger partial charge in [-0.25, -0.2) is 9.97 Å². The minimum atomic E-state index is 0.643. The molecule has 4 rings (SSSR count). The molecule has 23 heavy (non-hydrogen) atoms. The van der Waals surface area contributed by atoms with Gasteiger partial charge in [0, 0.05) is 12.4 Å². The molecule has 0 amide bonds. The van der Waals surface area contributed by atoms with E-state index in [-0.39, 0.29) is 0 Å². The molecule has 3 aromatic rings. The molecule has 1 atom stereocenters. The first-order chi connectivity index (χ1) is 11.3. The number of nitrogens with one attached hydrogen (secondary N) is 1. The Morgan fingerprint density at radius 3 is 3.09 bits per heavy atom. The molecule has 0 aliphatic carbocycles. The molecule has 1 aliphatic heterocycles. The van der Waals surface area contributed by atoms with Gasteiger partial charge in [-0.3, -0.25) is 9.38 Å². The van der Waals surface area contributed by atoms with Gasteiger partial charge >= 0.3 is 0 Å². The lowest BCUT2D eigenvalue weighted by atomic mass is 9.95. The average Bonchev–Trinajstić information content (AvgIpc) is 2.99. The van der Waals surface area contributed by atoms with Gasteiger partial charge in [0.2, 0.25) is 0 Å². The molecule has 118 valence electrons. The van der Waals surface area contributed by atoms with Gasteiger partial charge in [0.1, 0.15) is 11.3 Å². The predicted molar refractivity (Wildman–Crippen MR) is 90.5 cm³/mol. The minimum absolute atomic E-state index is 0.643. The van der Waals surface area contributed by atoms with Crippen molar-refractivity contribution >= 4 is 17.2 Å². The van der Waals surface area contributed by atoms with Gasteiger partial charge in [-0.15, -0.1) is 0 Å². The second kappa shape index (κ2) is 6.26. The van der Waals surface area contributed by atoms with E-state index >= 15 is 0 Å². The zero-order valence-corrected chi connectivity index (χ0v) is 13.5. The van der Waals surface area contributed by atoms with Gasteiger partial charge in [-0.1, -0.05) is 11.6 Å². The Labute approximate surface area is 139 Å². The van der Waals surface area contributed by atoms with Crippen molar-refractivity contribution in [2.45, 2.75) is 19.3 Å². The molecule has 3 aromatic heterocycles. The van der Waals surface area contributed by atoms with E-state index in [0.29, 0.717) is 10.9 Å². The topological polar surface area (TPSA) is 55.1 Å². The highest BCUT2D eigenvalue weighted by Gasteiger charge is 2.15. The van der Waals surface area contributed by atoms with Crippen molar-refractivity contribution in [3.63, 3.8) is 0 Å². The number of piperidine rings is 1. The van der Waals surface area contributed by atoms with Crippen molar-refractivity contribution in [1.29, 1.82) is 0 Å². The Balaban J connectivity index is 1.65. The molecule has 1 aliphatic rings. The smallest absolute Gasteiger partial charge is 0.137 e. The van der Waals surface area contributed by atoms with Crippen LogP contribution in [0.2, 0.25) is 5.02 Å². The third-order valence-electron chi connectivity index (χ3n) is 4.31. The molecule has 1 saturated heterocycles. The first kappa shape index (κ1) is 14.6. The highest BCUT2D eigenvalue weighted by molar-refractivity contribution is 6.30. The molecule has 5 nitrogen and oxygen atoms in total. The van der Waals surface area contributed by atoms with E-state index < -0.39 is 0 Å². The maximum atomic E-state index is 6.10. The van der Waals surface area contributed by atoms with Crippen LogP contribution in [0, 0.1) is 5.92 Å². The quantitative estimate of drug-likeness (QED) is 0.803. The molecule has 4 heterocycles. The molecule has 0 unspecified atom stereocenters. The van der Waals surface area contributed by atoms with Crippen molar-refractivity contribution in [2.75, 3.05) is 13.1 Å². The number of hydrogen-bond acceptors (Lipinski definition) is 4. The van der Waals surface area contributed by atoms with Crippen LogP contribution in [-0.4, -0.2) is 32.4 Å². The number of aromatic nitrogens is 4. The van der Waals surface area contributed by atoms with Crippen LogP contribution in [0.4, 0.5) is 0 Å². The summed E-state index contributed by atoms with van der Waals surface area (Å²) in [6, 6.07) is 3.74. The first-order valence-corrected chi connectivity index (χ1v) is 8.32. The summed E-state index contributed by atoms with van der Waals surface area (Å²) in [4.78, 5) is 13.6. The molecule has 0 saturated carbocycles. The molecular weight excluding hydrogens is 310 g/mol. The van der Waals surface area contributed by atoms with Crippen LogP contribution in [0.1, 0.15) is 18.5 Å². The van der Waals surface area contributed by atoms with Gasteiger partial charge < -0.3 is 5.32 Å². The summed E-state index contributed by atoms with van der Waals surface area (Å²) in [6.45, 7) is 2.20. The lowest BCUT2D eigenvalue weighted by Crippen LogP contribution is -2.31. The number of hydrogen-bond donors (Lipinski definition) is 1. The van der Waals surface area contributed by atoms with Crippen LogP contribution >= 0.6 is 11.6 Å². The summed E-state index contributed by atoms with van der Waals surface area (Å²) in [5, 5.41) is 4.13. The molecular formula is C17H18ClN5. The maximum Gasteiger partial charge on any atom is 0.137 e. The molecule has 0 bridgehead atoms. The van der Waals surface area contributed by atoms with E-state index in [9.17, 15) is 0 Å². The number of nitrogens with zero attached hydrogens (tertiary/aromatic N) is 4. The fourth-order valence-electron chi connectivity index (χ4n) is 3.17. The van der Waals surface area contributed by atoms with Crippen molar-refractivity contribution < 1.29 is 0 Å². The van der Waals surface area contributed by atoms with Crippen molar-refractivity contribution in [1.82, 2.24) is 24.7 Å². The predicted octanol–water partition coefficient (Wildman–Crippen LogP) is 2.99. The van der Waals surface area contributed by atoms with Crippen LogP contribution in [0.15, 0.2) is 36.9 Å². The van der Waals surface area contributed by atoms with E-state index in [1.165, 1.54) is 12.8 Å². The summed E-state index contributed by atoms with van der Waals surface area (Å²) >= 11 is 6.10. The SMILES string of the molecule is Clc1ccc2ncc(-c3cncc(C[C@H]4CCCNC4)n3)n2c1. The molecule has 1 fully saturated rings. The molecule has 0 radical (unpaired) electrons. The van der Waals surface area contributed by atoms with Gasteiger partial charge in [-0.2, -0.15) is 0 Å². The summed E-state index contributed by atoms with van der Waals surface area (Å²) < 4.78 is 1.96. The monoisotopic (exact) mass is 327 g/mol. The number of rotatable bonds is 3. The van der Waals surface area contributed by atoms with Crippen LogP contribution in [0.25, 0.3) is 17.0 Å². The Hall–Kier alpha value is -1.98. The fraction of sp³-hybridized carbons (Fsp3) is 0.353.